The lowest BCUT2D eigenvalue weighted by atomic mass is 10.2. The van der Waals surface area contributed by atoms with Crippen LogP contribution in [0.4, 0.5) is 5.69 Å². The summed E-state index contributed by atoms with van der Waals surface area (Å²) in [6.45, 7) is 5.59. The van der Waals surface area contributed by atoms with Crippen LogP contribution >= 0.6 is 0 Å². The Bertz CT molecular complexity index is 611. The molecule has 7 heteroatoms. The van der Waals surface area contributed by atoms with E-state index in [0.717, 1.165) is 12.0 Å². The van der Waals surface area contributed by atoms with Crippen LogP contribution in [0.5, 0.6) is 0 Å². The zero-order valence-electron chi connectivity index (χ0n) is 11.6. The molecule has 0 saturated carbocycles. The zero-order chi connectivity index (χ0) is 14.6. The Morgan fingerprint density at radius 2 is 2.15 bits per heavy atom. The van der Waals surface area contributed by atoms with Gasteiger partial charge in [0, 0.05) is 19.8 Å². The van der Waals surface area contributed by atoms with E-state index < -0.39 is 10.0 Å². The van der Waals surface area contributed by atoms with Crippen LogP contribution in [0.2, 0.25) is 0 Å². The number of nitrogens with zero attached hydrogens (tertiary/aromatic N) is 1. The van der Waals surface area contributed by atoms with Gasteiger partial charge >= 0.3 is 0 Å². The molecule has 1 aromatic carbocycles. The standard InChI is InChI=1S/C13H19N3O3S/c1-3-19-8-4-7-14-13-15-11-6-5-10(2)9-12(11)20(17,18)16-13/h5-6,9H,3-4,7-8H2,1-2H3,(H2,14,15,16). The van der Waals surface area contributed by atoms with Gasteiger partial charge in [-0.3, -0.25) is 4.99 Å². The van der Waals surface area contributed by atoms with E-state index in [4.69, 9.17) is 4.74 Å². The van der Waals surface area contributed by atoms with Gasteiger partial charge in [-0.15, -0.1) is 0 Å². The summed E-state index contributed by atoms with van der Waals surface area (Å²) >= 11 is 0. The molecule has 0 radical (unpaired) electrons. The van der Waals surface area contributed by atoms with Crippen LogP contribution in [0, 0.1) is 6.92 Å². The number of aryl methyl sites for hydroxylation is 1. The van der Waals surface area contributed by atoms with E-state index in [1.165, 1.54) is 0 Å². The SMILES string of the molecule is CCOCCCN=C1Nc2ccc(C)cc2S(=O)(=O)N1. The summed E-state index contributed by atoms with van der Waals surface area (Å²) in [6, 6.07) is 5.24. The van der Waals surface area contributed by atoms with Crippen molar-refractivity contribution in [1.82, 2.24) is 4.72 Å². The van der Waals surface area contributed by atoms with Crippen molar-refractivity contribution in [3.05, 3.63) is 23.8 Å². The van der Waals surface area contributed by atoms with Crippen LogP contribution < -0.4 is 10.0 Å². The molecule has 1 aliphatic rings. The second kappa shape index (κ2) is 6.23. The van der Waals surface area contributed by atoms with Gasteiger partial charge < -0.3 is 10.1 Å². The maximum absolute atomic E-state index is 12.1. The van der Waals surface area contributed by atoms with Crippen LogP contribution in [0.3, 0.4) is 0 Å². The van der Waals surface area contributed by atoms with E-state index in [9.17, 15) is 8.42 Å². The topological polar surface area (TPSA) is 79.8 Å². The number of benzene rings is 1. The molecule has 0 unspecified atom stereocenters. The van der Waals surface area contributed by atoms with Gasteiger partial charge in [0.15, 0.2) is 0 Å². The quantitative estimate of drug-likeness (QED) is 0.807. The molecule has 2 N–H and O–H groups in total. The smallest absolute Gasteiger partial charge is 0.266 e. The number of guanidine groups is 1. The van der Waals surface area contributed by atoms with Gasteiger partial charge in [-0.1, -0.05) is 6.07 Å². The molecule has 0 aromatic heterocycles. The number of sulfonamides is 1. The van der Waals surface area contributed by atoms with Crippen LogP contribution in [0.1, 0.15) is 18.9 Å². The number of ether oxygens (including phenoxy) is 1. The van der Waals surface area contributed by atoms with Gasteiger partial charge in [0.25, 0.3) is 10.0 Å². The molecule has 0 saturated heterocycles. The summed E-state index contributed by atoms with van der Waals surface area (Å²) in [6.07, 6.45) is 0.751. The van der Waals surface area contributed by atoms with Crippen molar-refractivity contribution in [3.63, 3.8) is 0 Å². The highest BCUT2D eigenvalue weighted by Crippen LogP contribution is 2.25. The van der Waals surface area contributed by atoms with Gasteiger partial charge in [-0.2, -0.15) is 0 Å². The van der Waals surface area contributed by atoms with E-state index in [0.29, 0.717) is 25.4 Å². The monoisotopic (exact) mass is 297 g/mol. The lowest BCUT2D eigenvalue weighted by Gasteiger charge is -2.21. The second-order valence-electron chi connectivity index (χ2n) is 4.51. The Hall–Kier alpha value is -1.60. The summed E-state index contributed by atoms with van der Waals surface area (Å²) in [4.78, 5) is 4.46. The summed E-state index contributed by atoms with van der Waals surface area (Å²) in [5.74, 6) is 0.262. The lowest BCUT2D eigenvalue weighted by Crippen LogP contribution is -2.40. The molecular weight excluding hydrogens is 278 g/mol. The Kier molecular flexibility index (Phi) is 4.61. The summed E-state index contributed by atoms with van der Waals surface area (Å²) in [5, 5.41) is 2.99. The molecule has 0 amide bonds. The average molecular weight is 297 g/mol. The Labute approximate surface area is 119 Å². The second-order valence-corrected chi connectivity index (χ2v) is 6.16. The number of nitrogens with one attached hydrogen (secondary N) is 2. The summed E-state index contributed by atoms with van der Waals surface area (Å²) < 4.78 is 31.9. The fourth-order valence-electron chi connectivity index (χ4n) is 1.86. The molecule has 1 aromatic rings. The maximum Gasteiger partial charge on any atom is 0.266 e. The predicted molar refractivity (Wildman–Crippen MR) is 78.5 cm³/mol. The molecule has 1 heterocycles. The minimum Gasteiger partial charge on any atom is -0.382 e. The highest BCUT2D eigenvalue weighted by molar-refractivity contribution is 7.90. The Morgan fingerprint density at radius 3 is 2.90 bits per heavy atom. The molecule has 0 spiro atoms. The molecular formula is C13H19N3O3S. The minimum atomic E-state index is -3.54. The molecule has 1 aliphatic heterocycles. The number of hydrogen-bond donors (Lipinski definition) is 2. The third-order valence-corrected chi connectivity index (χ3v) is 4.21. The molecule has 110 valence electrons. The Morgan fingerprint density at radius 1 is 1.35 bits per heavy atom. The average Bonchev–Trinajstić information content (AvgIpc) is 2.39. The molecule has 0 fully saturated rings. The highest BCUT2D eigenvalue weighted by atomic mass is 32.2. The molecule has 2 rings (SSSR count). The molecule has 20 heavy (non-hydrogen) atoms. The van der Waals surface area contributed by atoms with Crippen LogP contribution in [-0.4, -0.2) is 34.1 Å². The van der Waals surface area contributed by atoms with Gasteiger partial charge in [0.2, 0.25) is 5.96 Å². The first kappa shape index (κ1) is 14.8. The van der Waals surface area contributed by atoms with Crippen molar-refractivity contribution >= 4 is 21.7 Å². The highest BCUT2D eigenvalue weighted by Gasteiger charge is 2.26. The van der Waals surface area contributed by atoms with Gasteiger partial charge in [-0.05, 0) is 38.0 Å². The number of anilines is 1. The van der Waals surface area contributed by atoms with E-state index in [-0.39, 0.29) is 10.9 Å². The van der Waals surface area contributed by atoms with E-state index in [2.05, 4.69) is 15.0 Å². The summed E-state index contributed by atoms with van der Waals surface area (Å²) in [7, 11) is -3.54. The lowest BCUT2D eigenvalue weighted by molar-refractivity contribution is 0.146. The third-order valence-electron chi connectivity index (χ3n) is 2.83. The van der Waals surface area contributed by atoms with Gasteiger partial charge in [0.05, 0.1) is 5.69 Å². The van der Waals surface area contributed by atoms with Crippen LogP contribution in [-0.2, 0) is 14.8 Å². The van der Waals surface area contributed by atoms with Gasteiger partial charge in [-0.25, -0.2) is 13.1 Å². The molecule has 0 bridgehead atoms. The fourth-order valence-corrected chi connectivity index (χ4v) is 3.09. The first-order valence-electron chi connectivity index (χ1n) is 6.55. The van der Waals surface area contributed by atoms with E-state index >= 15 is 0 Å². The predicted octanol–water partition coefficient (Wildman–Crippen LogP) is 1.48. The van der Waals surface area contributed by atoms with Crippen molar-refractivity contribution < 1.29 is 13.2 Å². The molecule has 0 aliphatic carbocycles. The summed E-state index contributed by atoms with van der Waals surface area (Å²) in [5.41, 5.74) is 1.45. The molecule has 0 atom stereocenters. The first-order valence-corrected chi connectivity index (χ1v) is 8.04. The van der Waals surface area contributed by atoms with Crippen molar-refractivity contribution in [2.75, 3.05) is 25.1 Å². The van der Waals surface area contributed by atoms with Gasteiger partial charge in [0.1, 0.15) is 4.90 Å². The largest absolute Gasteiger partial charge is 0.382 e. The van der Waals surface area contributed by atoms with Crippen molar-refractivity contribution in [1.29, 1.82) is 0 Å². The van der Waals surface area contributed by atoms with Crippen LogP contribution in [0.25, 0.3) is 0 Å². The fraction of sp³-hybridized carbons (Fsp3) is 0.462. The normalized spacial score (nSPS) is 18.2. The number of hydrogen-bond acceptors (Lipinski definition) is 4. The third kappa shape index (κ3) is 3.49. The van der Waals surface area contributed by atoms with Crippen molar-refractivity contribution in [2.45, 2.75) is 25.2 Å². The minimum absolute atomic E-state index is 0.255. The number of aliphatic imine (C=N–C) groups is 1. The van der Waals surface area contributed by atoms with E-state index in [1.54, 1.807) is 12.1 Å². The number of rotatable bonds is 5. The maximum atomic E-state index is 12.1. The van der Waals surface area contributed by atoms with E-state index in [1.807, 2.05) is 19.9 Å². The molecule has 6 nitrogen and oxygen atoms in total. The Balaban J connectivity index is 2.11. The zero-order valence-corrected chi connectivity index (χ0v) is 12.5. The van der Waals surface area contributed by atoms with Crippen LogP contribution in [0.15, 0.2) is 28.1 Å². The van der Waals surface area contributed by atoms with Crippen molar-refractivity contribution in [2.24, 2.45) is 4.99 Å². The number of fused-ring (bicyclic) bond motifs is 1. The first-order chi connectivity index (χ1) is 9.53. The van der Waals surface area contributed by atoms with Crippen molar-refractivity contribution in [3.8, 4) is 0 Å².